The highest BCUT2D eigenvalue weighted by atomic mass is 16.5. The zero-order valence-corrected chi connectivity index (χ0v) is 13.0. The number of likely N-dealkylation sites (tertiary alicyclic amines) is 1. The molecule has 0 aromatic rings. The second-order valence-electron chi connectivity index (χ2n) is 7.00. The molecule has 0 aromatic carbocycles. The summed E-state index contributed by atoms with van der Waals surface area (Å²) in [6.07, 6.45) is 7.09. The van der Waals surface area contributed by atoms with Crippen molar-refractivity contribution in [2.75, 3.05) is 26.8 Å². The summed E-state index contributed by atoms with van der Waals surface area (Å²) >= 11 is 0. The molecule has 114 valence electrons. The van der Waals surface area contributed by atoms with Gasteiger partial charge in [-0.1, -0.05) is 13.3 Å². The number of carbonyl (C=O) groups is 1. The van der Waals surface area contributed by atoms with Crippen molar-refractivity contribution >= 4 is 5.78 Å². The van der Waals surface area contributed by atoms with Gasteiger partial charge in [0, 0.05) is 32.0 Å². The lowest BCUT2D eigenvalue weighted by Gasteiger charge is -2.55. The van der Waals surface area contributed by atoms with Gasteiger partial charge in [-0.05, 0) is 50.0 Å². The van der Waals surface area contributed by atoms with Crippen molar-refractivity contribution in [2.45, 2.75) is 51.5 Å². The van der Waals surface area contributed by atoms with E-state index in [2.05, 4.69) is 11.8 Å². The second kappa shape index (κ2) is 6.15. The van der Waals surface area contributed by atoms with E-state index in [0.29, 0.717) is 23.5 Å². The van der Waals surface area contributed by atoms with Gasteiger partial charge < -0.3 is 4.74 Å². The van der Waals surface area contributed by atoms with Gasteiger partial charge in [-0.15, -0.1) is 0 Å². The molecule has 20 heavy (non-hydrogen) atoms. The van der Waals surface area contributed by atoms with Crippen LogP contribution in [0.2, 0.25) is 0 Å². The molecule has 0 N–H and O–H groups in total. The highest BCUT2D eigenvalue weighted by Crippen LogP contribution is 2.50. The number of rotatable bonds is 4. The van der Waals surface area contributed by atoms with Crippen molar-refractivity contribution in [3.63, 3.8) is 0 Å². The maximum atomic E-state index is 12.4. The van der Waals surface area contributed by atoms with E-state index in [-0.39, 0.29) is 0 Å². The molecular weight excluding hydrogens is 250 g/mol. The molecule has 3 aliphatic rings. The SMILES string of the molecule is CC[C@H]1C(=O)C[C@@H]2CCN(CCOC)[C@@H]3CCC[C@H]1[C@@H]23. The van der Waals surface area contributed by atoms with E-state index < -0.39 is 0 Å². The Morgan fingerprint density at radius 3 is 2.90 bits per heavy atom. The van der Waals surface area contributed by atoms with Crippen LogP contribution in [0.15, 0.2) is 0 Å². The maximum Gasteiger partial charge on any atom is 0.136 e. The molecule has 1 aliphatic heterocycles. The Kier molecular flexibility index (Phi) is 4.46. The van der Waals surface area contributed by atoms with E-state index in [0.717, 1.165) is 38.0 Å². The molecule has 2 saturated carbocycles. The fourth-order valence-electron chi connectivity index (χ4n) is 5.39. The van der Waals surface area contributed by atoms with Gasteiger partial charge in [0.25, 0.3) is 0 Å². The first-order valence-corrected chi connectivity index (χ1v) is 8.52. The van der Waals surface area contributed by atoms with Gasteiger partial charge in [0.05, 0.1) is 6.61 Å². The third-order valence-electron chi connectivity index (χ3n) is 6.19. The molecule has 0 radical (unpaired) electrons. The van der Waals surface area contributed by atoms with E-state index in [1.807, 2.05) is 0 Å². The van der Waals surface area contributed by atoms with Crippen molar-refractivity contribution in [2.24, 2.45) is 23.7 Å². The van der Waals surface area contributed by atoms with Crippen LogP contribution in [0.3, 0.4) is 0 Å². The summed E-state index contributed by atoms with van der Waals surface area (Å²) in [5, 5.41) is 0. The number of hydrogen-bond donors (Lipinski definition) is 0. The number of ether oxygens (including phenoxy) is 1. The first kappa shape index (κ1) is 14.5. The number of hydrogen-bond acceptors (Lipinski definition) is 3. The van der Waals surface area contributed by atoms with E-state index in [1.165, 1.54) is 32.2 Å². The Labute approximate surface area is 123 Å². The van der Waals surface area contributed by atoms with Gasteiger partial charge >= 0.3 is 0 Å². The minimum absolute atomic E-state index is 0.362. The number of methoxy groups -OCH3 is 1. The lowest BCUT2D eigenvalue weighted by Crippen LogP contribution is -2.58. The highest BCUT2D eigenvalue weighted by Gasteiger charge is 2.50. The predicted octanol–water partition coefficient (Wildman–Crippen LogP) is 2.74. The summed E-state index contributed by atoms with van der Waals surface area (Å²) < 4.78 is 5.28. The number of piperidine rings is 1. The largest absolute Gasteiger partial charge is 0.383 e. The highest BCUT2D eigenvalue weighted by molar-refractivity contribution is 5.82. The first-order chi connectivity index (χ1) is 9.76. The summed E-state index contributed by atoms with van der Waals surface area (Å²) in [7, 11) is 1.79. The summed E-state index contributed by atoms with van der Waals surface area (Å²) in [6.45, 7) is 5.29. The fourth-order valence-corrected chi connectivity index (χ4v) is 5.39. The summed E-state index contributed by atoms with van der Waals surface area (Å²) in [6, 6.07) is 0.727. The fraction of sp³-hybridized carbons (Fsp3) is 0.941. The zero-order valence-electron chi connectivity index (χ0n) is 13.0. The normalized spacial score (nSPS) is 41.5. The Bertz CT molecular complexity index is 357. The standard InChI is InChI=1S/C17H29NO2/c1-3-13-14-5-4-6-15-17(14)12(11-16(13)19)7-8-18(15)9-10-20-2/h12-15,17H,3-11H2,1-2H3/t12-,13+,14+,15+,17+/m0/s1. The maximum absolute atomic E-state index is 12.4. The van der Waals surface area contributed by atoms with Crippen molar-refractivity contribution < 1.29 is 9.53 Å². The van der Waals surface area contributed by atoms with Crippen LogP contribution in [-0.2, 0) is 9.53 Å². The Balaban J connectivity index is 1.79. The van der Waals surface area contributed by atoms with E-state index in [9.17, 15) is 4.79 Å². The average molecular weight is 279 g/mol. The molecule has 3 rings (SSSR count). The van der Waals surface area contributed by atoms with Gasteiger partial charge in [-0.25, -0.2) is 0 Å². The van der Waals surface area contributed by atoms with Gasteiger partial charge in [-0.3, -0.25) is 9.69 Å². The Morgan fingerprint density at radius 1 is 1.30 bits per heavy atom. The molecule has 1 heterocycles. The molecule has 3 fully saturated rings. The number of ketones is 1. The van der Waals surface area contributed by atoms with Crippen molar-refractivity contribution in [1.82, 2.24) is 4.90 Å². The van der Waals surface area contributed by atoms with Crippen LogP contribution < -0.4 is 0 Å². The van der Waals surface area contributed by atoms with Crippen LogP contribution in [-0.4, -0.2) is 43.5 Å². The van der Waals surface area contributed by atoms with Crippen LogP contribution >= 0.6 is 0 Å². The number of Topliss-reactive ketones (excluding diaryl/α,β-unsaturated/α-hetero) is 1. The van der Waals surface area contributed by atoms with Crippen molar-refractivity contribution in [3.05, 3.63) is 0 Å². The topological polar surface area (TPSA) is 29.5 Å². The van der Waals surface area contributed by atoms with Crippen LogP contribution in [0.5, 0.6) is 0 Å². The first-order valence-electron chi connectivity index (χ1n) is 8.52. The number of nitrogens with zero attached hydrogens (tertiary/aromatic N) is 1. The van der Waals surface area contributed by atoms with E-state index in [4.69, 9.17) is 4.74 Å². The van der Waals surface area contributed by atoms with Crippen molar-refractivity contribution in [3.8, 4) is 0 Å². The molecule has 0 aromatic heterocycles. The third kappa shape index (κ3) is 2.43. The van der Waals surface area contributed by atoms with E-state index >= 15 is 0 Å². The molecule has 0 spiro atoms. The number of carbonyl (C=O) groups excluding carboxylic acids is 1. The van der Waals surface area contributed by atoms with Gasteiger partial charge in [0.2, 0.25) is 0 Å². The summed E-state index contributed by atoms with van der Waals surface area (Å²) in [5.41, 5.74) is 0. The smallest absolute Gasteiger partial charge is 0.136 e. The zero-order chi connectivity index (χ0) is 14.1. The van der Waals surface area contributed by atoms with Crippen LogP contribution in [0.25, 0.3) is 0 Å². The molecule has 3 heteroatoms. The lowest BCUT2D eigenvalue weighted by atomic mass is 9.56. The minimum Gasteiger partial charge on any atom is -0.383 e. The molecule has 3 nitrogen and oxygen atoms in total. The Morgan fingerprint density at radius 2 is 2.15 bits per heavy atom. The average Bonchev–Trinajstić information content (AvgIpc) is 2.47. The molecule has 0 amide bonds. The minimum atomic E-state index is 0.362. The molecule has 2 aliphatic carbocycles. The van der Waals surface area contributed by atoms with Gasteiger partial charge in [0.1, 0.15) is 5.78 Å². The molecule has 1 saturated heterocycles. The van der Waals surface area contributed by atoms with Gasteiger partial charge in [-0.2, -0.15) is 0 Å². The summed E-state index contributed by atoms with van der Waals surface area (Å²) in [4.78, 5) is 15.1. The summed E-state index contributed by atoms with van der Waals surface area (Å²) in [5.74, 6) is 3.08. The predicted molar refractivity (Wildman–Crippen MR) is 79.6 cm³/mol. The molecule has 0 bridgehead atoms. The van der Waals surface area contributed by atoms with Gasteiger partial charge in [0.15, 0.2) is 0 Å². The second-order valence-corrected chi connectivity index (χ2v) is 7.00. The molecular formula is C17H29NO2. The molecule has 5 atom stereocenters. The van der Waals surface area contributed by atoms with Crippen LogP contribution in [0.4, 0.5) is 0 Å². The van der Waals surface area contributed by atoms with Crippen LogP contribution in [0.1, 0.15) is 45.4 Å². The quantitative estimate of drug-likeness (QED) is 0.792. The monoisotopic (exact) mass is 279 g/mol. The molecule has 0 unspecified atom stereocenters. The Hall–Kier alpha value is -0.410. The lowest BCUT2D eigenvalue weighted by molar-refractivity contribution is -0.139. The van der Waals surface area contributed by atoms with Crippen molar-refractivity contribution in [1.29, 1.82) is 0 Å². The van der Waals surface area contributed by atoms with Crippen LogP contribution in [0, 0.1) is 23.7 Å². The van der Waals surface area contributed by atoms with E-state index in [1.54, 1.807) is 7.11 Å². The third-order valence-corrected chi connectivity index (χ3v) is 6.19.